The van der Waals surface area contributed by atoms with E-state index in [0.29, 0.717) is 5.95 Å². The summed E-state index contributed by atoms with van der Waals surface area (Å²) in [6, 6.07) is 23.8. The lowest BCUT2D eigenvalue weighted by molar-refractivity contribution is 0.217. The van der Waals surface area contributed by atoms with E-state index in [2.05, 4.69) is 27.5 Å². The molecule has 4 aromatic rings. The molecule has 2 atom stereocenters. The smallest absolute Gasteiger partial charge is 0.226 e. The maximum absolute atomic E-state index is 6.66. The van der Waals surface area contributed by atoms with Crippen LogP contribution in [0.2, 0.25) is 0 Å². The molecule has 0 fully saturated rings. The summed E-state index contributed by atoms with van der Waals surface area (Å²) in [6.45, 7) is 0. The average molecular weight is 438 g/mol. The summed E-state index contributed by atoms with van der Waals surface area (Å²) in [5.41, 5.74) is 4.96. The first-order valence-electron chi connectivity index (χ1n) is 10.7. The molecule has 0 saturated heterocycles. The Bertz CT molecular complexity index is 1380. The van der Waals surface area contributed by atoms with Crippen molar-refractivity contribution in [2.75, 3.05) is 19.5 Å². The Morgan fingerprint density at radius 1 is 0.939 bits per heavy atom. The molecular weight excluding hydrogens is 416 g/mol. The Balaban J connectivity index is 1.64. The maximum Gasteiger partial charge on any atom is 0.226 e. The molecule has 1 aromatic heterocycles. The SMILES string of the molecule is COc1cccc(C2C3=C(Nc4ncnn42)c2ccccc2OC3c2ccccc2OC)c1. The summed E-state index contributed by atoms with van der Waals surface area (Å²) in [7, 11) is 3.35. The average Bonchev–Trinajstić information content (AvgIpc) is 3.35. The topological polar surface area (TPSA) is 70.4 Å². The molecule has 7 heteroatoms. The van der Waals surface area contributed by atoms with Crippen LogP contribution in [0, 0.1) is 0 Å². The van der Waals surface area contributed by atoms with Gasteiger partial charge in [-0.25, -0.2) is 4.68 Å². The van der Waals surface area contributed by atoms with Gasteiger partial charge < -0.3 is 19.5 Å². The second-order valence-electron chi connectivity index (χ2n) is 7.90. The highest BCUT2D eigenvalue weighted by molar-refractivity contribution is 5.85. The van der Waals surface area contributed by atoms with E-state index >= 15 is 0 Å². The summed E-state index contributed by atoms with van der Waals surface area (Å²) in [6.07, 6.45) is 1.17. The van der Waals surface area contributed by atoms with E-state index in [9.17, 15) is 0 Å². The number of nitrogens with one attached hydrogen (secondary N) is 1. The molecule has 2 aliphatic heterocycles. The zero-order chi connectivity index (χ0) is 22.4. The van der Waals surface area contributed by atoms with Crippen LogP contribution in [-0.4, -0.2) is 29.0 Å². The van der Waals surface area contributed by atoms with Gasteiger partial charge in [-0.15, -0.1) is 0 Å². The van der Waals surface area contributed by atoms with Crippen molar-refractivity contribution in [2.24, 2.45) is 0 Å². The van der Waals surface area contributed by atoms with Gasteiger partial charge in [0, 0.05) is 16.7 Å². The first-order chi connectivity index (χ1) is 16.3. The van der Waals surface area contributed by atoms with Gasteiger partial charge in [-0.2, -0.15) is 10.1 Å². The molecule has 0 saturated carbocycles. The van der Waals surface area contributed by atoms with Crippen LogP contribution in [0.4, 0.5) is 5.95 Å². The Labute approximate surface area is 191 Å². The number of hydrogen-bond acceptors (Lipinski definition) is 6. The number of fused-ring (bicyclic) bond motifs is 3. The van der Waals surface area contributed by atoms with E-state index in [1.807, 2.05) is 65.3 Å². The summed E-state index contributed by atoms with van der Waals surface area (Å²) < 4.78 is 19.8. The van der Waals surface area contributed by atoms with Crippen molar-refractivity contribution in [3.05, 3.63) is 101 Å². The number of nitrogens with zero attached hydrogens (tertiary/aromatic N) is 3. The Morgan fingerprint density at radius 3 is 2.67 bits per heavy atom. The molecule has 6 rings (SSSR count). The van der Waals surface area contributed by atoms with Gasteiger partial charge in [-0.1, -0.05) is 42.5 Å². The quantitative estimate of drug-likeness (QED) is 0.491. The lowest BCUT2D eigenvalue weighted by Gasteiger charge is -2.39. The van der Waals surface area contributed by atoms with Gasteiger partial charge in [0.15, 0.2) is 6.10 Å². The van der Waals surface area contributed by atoms with Crippen LogP contribution in [0.1, 0.15) is 28.8 Å². The summed E-state index contributed by atoms with van der Waals surface area (Å²) in [5.74, 6) is 3.03. The molecular formula is C26H22N4O3. The fourth-order valence-corrected chi connectivity index (χ4v) is 4.69. The van der Waals surface area contributed by atoms with E-state index in [4.69, 9.17) is 14.2 Å². The first-order valence-corrected chi connectivity index (χ1v) is 10.7. The molecule has 2 unspecified atom stereocenters. The summed E-state index contributed by atoms with van der Waals surface area (Å²) in [5, 5.41) is 8.09. The van der Waals surface area contributed by atoms with Crippen molar-refractivity contribution >= 4 is 11.6 Å². The number of hydrogen-bond donors (Lipinski definition) is 1. The van der Waals surface area contributed by atoms with E-state index in [1.54, 1.807) is 20.5 Å². The minimum Gasteiger partial charge on any atom is -0.497 e. The van der Waals surface area contributed by atoms with E-state index < -0.39 is 6.10 Å². The Kier molecular flexibility index (Phi) is 4.54. The van der Waals surface area contributed by atoms with Crippen molar-refractivity contribution in [1.29, 1.82) is 0 Å². The third-order valence-electron chi connectivity index (χ3n) is 6.15. The fraction of sp³-hybridized carbons (Fsp3) is 0.154. The number of rotatable bonds is 4. The van der Waals surface area contributed by atoms with Gasteiger partial charge in [0.1, 0.15) is 29.6 Å². The largest absolute Gasteiger partial charge is 0.497 e. The number of benzene rings is 3. The van der Waals surface area contributed by atoms with Crippen LogP contribution in [-0.2, 0) is 0 Å². The molecule has 0 spiro atoms. The molecule has 33 heavy (non-hydrogen) atoms. The number of para-hydroxylation sites is 2. The molecule has 3 aromatic carbocycles. The lowest BCUT2D eigenvalue weighted by Crippen LogP contribution is -2.32. The Hall–Kier alpha value is -4.26. The minimum absolute atomic E-state index is 0.253. The van der Waals surface area contributed by atoms with Gasteiger partial charge in [-0.3, -0.25) is 0 Å². The molecule has 0 radical (unpaired) electrons. The third-order valence-corrected chi connectivity index (χ3v) is 6.15. The second-order valence-corrected chi connectivity index (χ2v) is 7.90. The van der Waals surface area contributed by atoms with Gasteiger partial charge in [-0.05, 0) is 35.9 Å². The number of methoxy groups -OCH3 is 2. The fourth-order valence-electron chi connectivity index (χ4n) is 4.69. The predicted octanol–water partition coefficient (Wildman–Crippen LogP) is 4.86. The molecule has 164 valence electrons. The first kappa shape index (κ1) is 19.4. The monoisotopic (exact) mass is 438 g/mol. The molecule has 0 bridgehead atoms. The van der Waals surface area contributed by atoms with Crippen LogP contribution in [0.5, 0.6) is 17.2 Å². The van der Waals surface area contributed by atoms with Gasteiger partial charge >= 0.3 is 0 Å². The number of aromatic nitrogens is 3. The van der Waals surface area contributed by atoms with Crippen molar-refractivity contribution in [3.8, 4) is 17.2 Å². The molecule has 3 heterocycles. The third kappa shape index (κ3) is 3.04. The standard InChI is InChI=1S/C26H22N4O3/c1-31-17-9-7-8-16(14-17)24-22-23(29-26-27-15-28-30(24)26)18-10-3-6-13-21(18)33-25(22)19-11-4-5-12-20(19)32-2/h3-15,24-25H,1-2H3,(H,27,28,29). The molecule has 0 aliphatic carbocycles. The van der Waals surface area contributed by atoms with E-state index in [-0.39, 0.29) is 6.04 Å². The normalized spacial score (nSPS) is 18.4. The van der Waals surface area contributed by atoms with Crippen molar-refractivity contribution in [2.45, 2.75) is 12.1 Å². The van der Waals surface area contributed by atoms with Crippen LogP contribution in [0.3, 0.4) is 0 Å². The Morgan fingerprint density at radius 2 is 1.79 bits per heavy atom. The second kappa shape index (κ2) is 7.70. The van der Waals surface area contributed by atoms with Crippen LogP contribution in [0.25, 0.3) is 5.70 Å². The zero-order valence-corrected chi connectivity index (χ0v) is 18.2. The van der Waals surface area contributed by atoms with Crippen LogP contribution in [0.15, 0.2) is 84.7 Å². The zero-order valence-electron chi connectivity index (χ0n) is 18.2. The highest BCUT2D eigenvalue weighted by atomic mass is 16.5. The van der Waals surface area contributed by atoms with Gasteiger partial charge in [0.05, 0.1) is 19.9 Å². The minimum atomic E-state index is -0.396. The molecule has 0 amide bonds. The molecule has 7 nitrogen and oxygen atoms in total. The van der Waals surface area contributed by atoms with Crippen molar-refractivity contribution in [1.82, 2.24) is 14.8 Å². The number of ether oxygens (including phenoxy) is 3. The summed E-state index contributed by atoms with van der Waals surface area (Å²) >= 11 is 0. The van der Waals surface area contributed by atoms with Crippen LogP contribution >= 0.6 is 0 Å². The van der Waals surface area contributed by atoms with E-state index in [1.165, 1.54) is 0 Å². The highest BCUT2D eigenvalue weighted by Gasteiger charge is 2.41. The van der Waals surface area contributed by atoms with E-state index in [0.717, 1.165) is 45.2 Å². The summed E-state index contributed by atoms with van der Waals surface area (Å²) in [4.78, 5) is 4.48. The lowest BCUT2D eigenvalue weighted by atomic mass is 9.84. The maximum atomic E-state index is 6.66. The van der Waals surface area contributed by atoms with Crippen molar-refractivity contribution in [3.63, 3.8) is 0 Å². The predicted molar refractivity (Wildman–Crippen MR) is 125 cm³/mol. The van der Waals surface area contributed by atoms with Crippen molar-refractivity contribution < 1.29 is 14.2 Å². The van der Waals surface area contributed by atoms with Gasteiger partial charge in [0.2, 0.25) is 5.95 Å². The van der Waals surface area contributed by atoms with Gasteiger partial charge in [0.25, 0.3) is 0 Å². The highest BCUT2D eigenvalue weighted by Crippen LogP contribution is 2.51. The van der Waals surface area contributed by atoms with Crippen LogP contribution < -0.4 is 19.5 Å². The molecule has 1 N–H and O–H groups in total. The number of anilines is 1. The molecule has 2 aliphatic rings.